The Bertz CT molecular complexity index is 280. The van der Waals surface area contributed by atoms with Crippen LogP contribution in [0, 0.1) is 11.3 Å². The maximum atomic E-state index is 12.4. The van der Waals surface area contributed by atoms with E-state index in [1.54, 1.807) is 0 Å². The minimum atomic E-state index is 0.253. The second-order valence-corrected chi connectivity index (χ2v) is 6.64. The van der Waals surface area contributed by atoms with Gasteiger partial charge in [0, 0.05) is 25.0 Å². The molecule has 2 rings (SSSR count). The van der Waals surface area contributed by atoms with Crippen molar-refractivity contribution in [2.45, 2.75) is 58.4 Å². The van der Waals surface area contributed by atoms with Crippen molar-refractivity contribution in [3.8, 4) is 0 Å². The molecule has 1 heterocycles. The van der Waals surface area contributed by atoms with E-state index in [4.69, 9.17) is 5.73 Å². The predicted molar refractivity (Wildman–Crippen MR) is 69.5 cm³/mol. The van der Waals surface area contributed by atoms with Crippen LogP contribution in [0.15, 0.2) is 0 Å². The molecule has 2 fully saturated rings. The molecule has 0 aromatic rings. The lowest BCUT2D eigenvalue weighted by atomic mass is 9.81. The molecule has 1 aliphatic heterocycles. The summed E-state index contributed by atoms with van der Waals surface area (Å²) in [6.45, 7) is 6.44. The first-order chi connectivity index (χ1) is 7.98. The normalized spacial score (nSPS) is 33.5. The lowest BCUT2D eigenvalue weighted by Gasteiger charge is -2.40. The smallest absolute Gasteiger partial charge is 0.225 e. The molecule has 0 aromatic carbocycles. The van der Waals surface area contributed by atoms with Crippen molar-refractivity contribution in [3.05, 3.63) is 0 Å². The number of hydrogen-bond donors (Lipinski definition) is 1. The van der Waals surface area contributed by atoms with E-state index in [9.17, 15) is 4.79 Å². The van der Waals surface area contributed by atoms with Crippen LogP contribution < -0.4 is 5.73 Å². The summed E-state index contributed by atoms with van der Waals surface area (Å²) in [6.07, 6.45) is 6.44. The molecular weight excluding hydrogens is 212 g/mol. The standard InChI is InChI=1S/C14H26N2O/c1-14(2)8-3-9-16(10-14)13(17)11-4-6-12(15)7-5-11/h11-12H,3-10,15H2,1-2H3. The van der Waals surface area contributed by atoms with Gasteiger partial charge in [0.1, 0.15) is 0 Å². The van der Waals surface area contributed by atoms with E-state index < -0.39 is 0 Å². The van der Waals surface area contributed by atoms with Crippen molar-refractivity contribution < 1.29 is 4.79 Å². The first-order valence-electron chi connectivity index (χ1n) is 7.02. The molecule has 3 nitrogen and oxygen atoms in total. The summed E-state index contributed by atoms with van der Waals surface area (Å²) in [6, 6.07) is 0.330. The van der Waals surface area contributed by atoms with E-state index in [1.807, 2.05) is 0 Å². The summed E-state index contributed by atoms with van der Waals surface area (Å²) in [4.78, 5) is 14.5. The second-order valence-electron chi connectivity index (χ2n) is 6.64. The fraction of sp³-hybridized carbons (Fsp3) is 0.929. The quantitative estimate of drug-likeness (QED) is 0.761. The zero-order valence-corrected chi connectivity index (χ0v) is 11.2. The molecule has 0 radical (unpaired) electrons. The number of amides is 1. The average Bonchev–Trinajstić information content (AvgIpc) is 2.28. The van der Waals surface area contributed by atoms with Crippen LogP contribution in [0.4, 0.5) is 0 Å². The minimum Gasteiger partial charge on any atom is -0.342 e. The molecule has 1 aliphatic carbocycles. The Kier molecular flexibility index (Phi) is 3.76. The van der Waals surface area contributed by atoms with Crippen LogP contribution in [0.1, 0.15) is 52.4 Å². The van der Waals surface area contributed by atoms with Gasteiger partial charge in [-0.25, -0.2) is 0 Å². The van der Waals surface area contributed by atoms with Gasteiger partial charge in [-0.3, -0.25) is 4.79 Å². The molecule has 98 valence electrons. The third-order valence-corrected chi connectivity index (χ3v) is 4.33. The summed E-state index contributed by atoms with van der Waals surface area (Å²) in [5.74, 6) is 0.647. The number of nitrogens with two attached hydrogens (primary N) is 1. The highest BCUT2D eigenvalue weighted by Gasteiger charge is 2.33. The Morgan fingerprint density at radius 3 is 2.47 bits per heavy atom. The van der Waals surface area contributed by atoms with Crippen molar-refractivity contribution >= 4 is 5.91 Å². The highest BCUT2D eigenvalue weighted by atomic mass is 16.2. The Morgan fingerprint density at radius 1 is 1.24 bits per heavy atom. The Balaban J connectivity index is 1.91. The van der Waals surface area contributed by atoms with Gasteiger partial charge in [0.25, 0.3) is 0 Å². The van der Waals surface area contributed by atoms with E-state index >= 15 is 0 Å². The summed E-state index contributed by atoms with van der Waals surface area (Å²) in [5.41, 5.74) is 6.20. The van der Waals surface area contributed by atoms with Crippen LogP contribution in [-0.2, 0) is 4.79 Å². The lowest BCUT2D eigenvalue weighted by molar-refractivity contribution is -0.139. The number of likely N-dealkylation sites (tertiary alicyclic amines) is 1. The van der Waals surface area contributed by atoms with Crippen LogP contribution in [0.2, 0.25) is 0 Å². The molecule has 1 saturated heterocycles. The van der Waals surface area contributed by atoms with Gasteiger partial charge in [0.2, 0.25) is 5.91 Å². The zero-order valence-electron chi connectivity index (χ0n) is 11.2. The molecule has 2 N–H and O–H groups in total. The summed E-state index contributed by atoms with van der Waals surface area (Å²) >= 11 is 0. The number of nitrogens with zero attached hydrogens (tertiary/aromatic N) is 1. The van der Waals surface area contributed by atoms with E-state index in [1.165, 1.54) is 6.42 Å². The SMILES string of the molecule is CC1(C)CCCN(C(=O)C2CCC(N)CC2)C1. The average molecular weight is 238 g/mol. The first kappa shape index (κ1) is 12.9. The number of piperidine rings is 1. The summed E-state index contributed by atoms with van der Waals surface area (Å²) < 4.78 is 0. The third kappa shape index (κ3) is 3.21. The fourth-order valence-electron chi connectivity index (χ4n) is 3.24. The molecule has 0 atom stereocenters. The monoisotopic (exact) mass is 238 g/mol. The van der Waals surface area contributed by atoms with Gasteiger partial charge in [-0.2, -0.15) is 0 Å². The fourth-order valence-corrected chi connectivity index (χ4v) is 3.24. The van der Waals surface area contributed by atoms with Gasteiger partial charge in [0.15, 0.2) is 0 Å². The van der Waals surface area contributed by atoms with E-state index in [0.717, 1.165) is 45.2 Å². The third-order valence-electron chi connectivity index (χ3n) is 4.33. The van der Waals surface area contributed by atoms with Gasteiger partial charge in [-0.05, 0) is 43.9 Å². The topological polar surface area (TPSA) is 46.3 Å². The molecule has 1 amide bonds. The number of hydrogen-bond acceptors (Lipinski definition) is 2. The van der Waals surface area contributed by atoms with Crippen molar-refractivity contribution in [2.75, 3.05) is 13.1 Å². The molecule has 0 unspecified atom stereocenters. The van der Waals surface area contributed by atoms with Gasteiger partial charge in [0.05, 0.1) is 0 Å². The predicted octanol–water partition coefficient (Wildman–Crippen LogP) is 2.15. The van der Waals surface area contributed by atoms with Crippen LogP contribution in [0.3, 0.4) is 0 Å². The molecule has 17 heavy (non-hydrogen) atoms. The molecule has 1 saturated carbocycles. The van der Waals surface area contributed by atoms with Crippen molar-refractivity contribution in [3.63, 3.8) is 0 Å². The van der Waals surface area contributed by atoms with Crippen LogP contribution in [0.5, 0.6) is 0 Å². The molecule has 0 bridgehead atoms. The van der Waals surface area contributed by atoms with Gasteiger partial charge >= 0.3 is 0 Å². The van der Waals surface area contributed by atoms with Crippen LogP contribution in [0.25, 0.3) is 0 Å². The van der Waals surface area contributed by atoms with Gasteiger partial charge < -0.3 is 10.6 Å². The second kappa shape index (κ2) is 4.97. The summed E-state index contributed by atoms with van der Waals surface area (Å²) in [7, 11) is 0. The Morgan fingerprint density at radius 2 is 1.88 bits per heavy atom. The Labute approximate surface area is 105 Å². The van der Waals surface area contributed by atoms with Crippen molar-refractivity contribution in [1.29, 1.82) is 0 Å². The van der Waals surface area contributed by atoms with Crippen molar-refractivity contribution in [2.24, 2.45) is 17.1 Å². The highest BCUT2D eigenvalue weighted by Crippen LogP contribution is 2.31. The zero-order chi connectivity index (χ0) is 12.5. The van der Waals surface area contributed by atoms with Gasteiger partial charge in [-0.1, -0.05) is 13.8 Å². The number of carbonyl (C=O) groups is 1. The molecule has 2 aliphatic rings. The highest BCUT2D eigenvalue weighted by molar-refractivity contribution is 5.79. The molecule has 0 spiro atoms. The molecule has 3 heteroatoms. The maximum Gasteiger partial charge on any atom is 0.225 e. The lowest BCUT2D eigenvalue weighted by Crippen LogP contribution is -2.47. The number of rotatable bonds is 1. The van der Waals surface area contributed by atoms with E-state index in [0.29, 0.717) is 17.4 Å². The number of carbonyl (C=O) groups excluding carboxylic acids is 1. The minimum absolute atomic E-state index is 0.253. The molecule has 0 aromatic heterocycles. The van der Waals surface area contributed by atoms with Crippen molar-refractivity contribution in [1.82, 2.24) is 4.90 Å². The largest absolute Gasteiger partial charge is 0.342 e. The van der Waals surface area contributed by atoms with Crippen LogP contribution >= 0.6 is 0 Å². The summed E-state index contributed by atoms with van der Waals surface area (Å²) in [5, 5.41) is 0. The Hall–Kier alpha value is -0.570. The maximum absolute atomic E-state index is 12.4. The molecular formula is C14H26N2O. The van der Waals surface area contributed by atoms with Crippen LogP contribution in [-0.4, -0.2) is 29.9 Å². The first-order valence-corrected chi connectivity index (χ1v) is 7.02. The van der Waals surface area contributed by atoms with Gasteiger partial charge in [-0.15, -0.1) is 0 Å². The van der Waals surface area contributed by atoms with E-state index in [-0.39, 0.29) is 5.92 Å². The van der Waals surface area contributed by atoms with E-state index in [2.05, 4.69) is 18.7 Å².